The lowest BCUT2D eigenvalue weighted by atomic mass is 10.2. The number of carbonyl (C=O) groups is 1. The van der Waals surface area contributed by atoms with Gasteiger partial charge in [-0.15, -0.1) is 0 Å². The predicted octanol–water partition coefficient (Wildman–Crippen LogP) is 0.235. The van der Waals surface area contributed by atoms with E-state index in [-0.39, 0.29) is 5.97 Å². The smallest absolute Gasteiger partial charge is 0.322 e. The minimum absolute atomic E-state index is 0.312. The lowest BCUT2D eigenvalue weighted by molar-refractivity contribution is -0.144. The number of nitrogens with zero attached hydrogens (tertiary/aromatic N) is 1. The van der Waals surface area contributed by atoms with Crippen molar-refractivity contribution in [3.63, 3.8) is 0 Å². The van der Waals surface area contributed by atoms with E-state index in [0.29, 0.717) is 13.0 Å². The number of methoxy groups -OCH3 is 1. The third-order valence-electron chi connectivity index (χ3n) is 2.30. The average molecular weight is 232 g/mol. The molecule has 0 aromatic heterocycles. The van der Waals surface area contributed by atoms with Crippen LogP contribution in [0.2, 0.25) is 0 Å². The molecular formula is C11H24N2O3. The summed E-state index contributed by atoms with van der Waals surface area (Å²) >= 11 is 0. The molecule has 0 aliphatic rings. The second-order valence-electron chi connectivity index (χ2n) is 3.80. The SMILES string of the molecule is CCOC(=O)C(N)CCN(C)CCCOC. The van der Waals surface area contributed by atoms with E-state index < -0.39 is 6.04 Å². The molecule has 0 amide bonds. The van der Waals surface area contributed by atoms with Gasteiger partial charge in [-0.3, -0.25) is 4.79 Å². The van der Waals surface area contributed by atoms with Gasteiger partial charge in [-0.05, 0) is 33.4 Å². The zero-order valence-corrected chi connectivity index (χ0v) is 10.6. The maximum absolute atomic E-state index is 11.2. The summed E-state index contributed by atoms with van der Waals surface area (Å²) in [5.41, 5.74) is 5.68. The van der Waals surface area contributed by atoms with Gasteiger partial charge in [0.05, 0.1) is 6.61 Å². The van der Waals surface area contributed by atoms with E-state index in [4.69, 9.17) is 15.2 Å². The van der Waals surface area contributed by atoms with Gasteiger partial charge in [-0.25, -0.2) is 0 Å². The molecule has 0 aromatic carbocycles. The molecule has 1 unspecified atom stereocenters. The number of carbonyl (C=O) groups excluding carboxylic acids is 1. The van der Waals surface area contributed by atoms with Crippen LogP contribution in [0.4, 0.5) is 0 Å². The van der Waals surface area contributed by atoms with Crippen LogP contribution in [0.1, 0.15) is 19.8 Å². The lowest BCUT2D eigenvalue weighted by Crippen LogP contribution is -2.36. The first-order chi connectivity index (χ1) is 7.61. The largest absolute Gasteiger partial charge is 0.465 e. The third-order valence-corrected chi connectivity index (χ3v) is 2.30. The van der Waals surface area contributed by atoms with Gasteiger partial charge in [0.1, 0.15) is 6.04 Å². The molecule has 5 heteroatoms. The highest BCUT2D eigenvalue weighted by atomic mass is 16.5. The molecule has 0 heterocycles. The Morgan fingerprint density at radius 2 is 2.12 bits per heavy atom. The molecule has 0 fully saturated rings. The van der Waals surface area contributed by atoms with Gasteiger partial charge in [-0.2, -0.15) is 0 Å². The monoisotopic (exact) mass is 232 g/mol. The van der Waals surface area contributed by atoms with E-state index in [2.05, 4.69) is 4.90 Å². The fourth-order valence-electron chi connectivity index (χ4n) is 1.32. The summed E-state index contributed by atoms with van der Waals surface area (Å²) < 4.78 is 9.79. The van der Waals surface area contributed by atoms with Crippen LogP contribution in [0, 0.1) is 0 Å². The van der Waals surface area contributed by atoms with Gasteiger partial charge in [0.15, 0.2) is 0 Å². The van der Waals surface area contributed by atoms with Crippen LogP contribution < -0.4 is 5.73 Å². The fraction of sp³-hybridized carbons (Fsp3) is 0.909. The number of hydrogen-bond donors (Lipinski definition) is 1. The molecule has 0 aromatic rings. The Morgan fingerprint density at radius 1 is 1.44 bits per heavy atom. The van der Waals surface area contributed by atoms with Crippen LogP contribution in [0.3, 0.4) is 0 Å². The molecule has 0 saturated heterocycles. The first-order valence-corrected chi connectivity index (χ1v) is 5.71. The summed E-state index contributed by atoms with van der Waals surface area (Å²) in [6.07, 6.45) is 1.62. The lowest BCUT2D eigenvalue weighted by Gasteiger charge is -2.18. The molecule has 0 bridgehead atoms. The summed E-state index contributed by atoms with van der Waals surface area (Å²) in [7, 11) is 3.70. The average Bonchev–Trinajstić information content (AvgIpc) is 2.26. The van der Waals surface area contributed by atoms with Crippen molar-refractivity contribution >= 4 is 5.97 Å². The van der Waals surface area contributed by atoms with Crippen molar-refractivity contribution in [2.75, 3.05) is 40.5 Å². The van der Waals surface area contributed by atoms with Crippen LogP contribution in [-0.2, 0) is 14.3 Å². The summed E-state index contributed by atoms with van der Waals surface area (Å²) in [4.78, 5) is 13.4. The maximum atomic E-state index is 11.2. The number of hydrogen-bond acceptors (Lipinski definition) is 5. The molecule has 0 rings (SSSR count). The van der Waals surface area contributed by atoms with Gasteiger partial charge in [-0.1, -0.05) is 0 Å². The van der Waals surface area contributed by atoms with E-state index >= 15 is 0 Å². The Labute approximate surface area is 97.9 Å². The van der Waals surface area contributed by atoms with Crippen molar-refractivity contribution in [1.82, 2.24) is 4.90 Å². The molecular weight excluding hydrogens is 208 g/mol. The number of esters is 1. The van der Waals surface area contributed by atoms with Crippen LogP contribution in [0.25, 0.3) is 0 Å². The highest BCUT2D eigenvalue weighted by molar-refractivity contribution is 5.75. The topological polar surface area (TPSA) is 64.8 Å². The van der Waals surface area contributed by atoms with Crippen molar-refractivity contribution in [2.45, 2.75) is 25.8 Å². The molecule has 1 atom stereocenters. The van der Waals surface area contributed by atoms with Crippen LogP contribution in [-0.4, -0.2) is 57.4 Å². The van der Waals surface area contributed by atoms with Gasteiger partial charge in [0.2, 0.25) is 0 Å². The molecule has 5 nitrogen and oxygen atoms in total. The van der Waals surface area contributed by atoms with E-state index in [1.807, 2.05) is 7.05 Å². The number of nitrogens with two attached hydrogens (primary N) is 1. The van der Waals surface area contributed by atoms with Crippen LogP contribution in [0.15, 0.2) is 0 Å². The summed E-state index contributed by atoms with van der Waals surface area (Å²) in [6, 6.07) is -0.509. The first kappa shape index (κ1) is 15.3. The van der Waals surface area contributed by atoms with Crippen molar-refractivity contribution in [1.29, 1.82) is 0 Å². The standard InChI is InChI=1S/C11H24N2O3/c1-4-16-11(14)10(12)6-8-13(2)7-5-9-15-3/h10H,4-9,12H2,1-3H3. The van der Waals surface area contributed by atoms with Crippen LogP contribution in [0.5, 0.6) is 0 Å². The van der Waals surface area contributed by atoms with E-state index in [1.54, 1.807) is 14.0 Å². The molecule has 0 radical (unpaired) electrons. The first-order valence-electron chi connectivity index (χ1n) is 5.71. The quantitative estimate of drug-likeness (QED) is 0.455. The zero-order chi connectivity index (χ0) is 12.4. The minimum atomic E-state index is -0.509. The summed E-state index contributed by atoms with van der Waals surface area (Å²) in [5, 5.41) is 0. The highest BCUT2D eigenvalue weighted by Crippen LogP contribution is 1.96. The van der Waals surface area contributed by atoms with Gasteiger partial charge >= 0.3 is 5.97 Å². The van der Waals surface area contributed by atoms with Crippen molar-refractivity contribution in [2.24, 2.45) is 5.73 Å². The zero-order valence-electron chi connectivity index (χ0n) is 10.6. The van der Waals surface area contributed by atoms with E-state index in [0.717, 1.165) is 26.1 Å². The summed E-state index contributed by atoms with van der Waals surface area (Å²) in [5.74, 6) is -0.312. The molecule has 16 heavy (non-hydrogen) atoms. The second kappa shape index (κ2) is 9.57. The Balaban J connectivity index is 3.57. The fourth-order valence-corrected chi connectivity index (χ4v) is 1.32. The van der Waals surface area contributed by atoms with Crippen molar-refractivity contribution in [3.8, 4) is 0 Å². The molecule has 96 valence electrons. The predicted molar refractivity (Wildman–Crippen MR) is 63.2 cm³/mol. The molecule has 0 aliphatic carbocycles. The number of ether oxygens (including phenoxy) is 2. The Morgan fingerprint density at radius 3 is 2.69 bits per heavy atom. The van der Waals surface area contributed by atoms with Gasteiger partial charge < -0.3 is 20.1 Å². The van der Waals surface area contributed by atoms with E-state index in [9.17, 15) is 4.79 Å². The maximum Gasteiger partial charge on any atom is 0.322 e. The van der Waals surface area contributed by atoms with Gasteiger partial charge in [0, 0.05) is 20.3 Å². The minimum Gasteiger partial charge on any atom is -0.465 e. The van der Waals surface area contributed by atoms with Crippen molar-refractivity contribution < 1.29 is 14.3 Å². The summed E-state index contributed by atoms with van der Waals surface area (Å²) in [6.45, 7) is 4.67. The Bertz CT molecular complexity index is 188. The molecule has 0 aliphatic heterocycles. The second-order valence-corrected chi connectivity index (χ2v) is 3.80. The van der Waals surface area contributed by atoms with Crippen LogP contribution >= 0.6 is 0 Å². The Kier molecular flexibility index (Phi) is 9.18. The molecule has 0 saturated carbocycles. The Hall–Kier alpha value is -0.650. The van der Waals surface area contributed by atoms with Crippen molar-refractivity contribution in [3.05, 3.63) is 0 Å². The molecule has 0 spiro atoms. The normalized spacial score (nSPS) is 12.8. The third kappa shape index (κ3) is 7.62. The molecule has 2 N–H and O–H groups in total. The van der Waals surface area contributed by atoms with Gasteiger partial charge in [0.25, 0.3) is 0 Å². The number of rotatable bonds is 9. The van der Waals surface area contributed by atoms with E-state index in [1.165, 1.54) is 0 Å². The highest BCUT2D eigenvalue weighted by Gasteiger charge is 2.14.